The zero-order chi connectivity index (χ0) is 21.7. The normalized spacial score (nSPS) is 21.8. The van der Waals surface area contributed by atoms with Crippen molar-refractivity contribution in [3.8, 4) is 0 Å². The molecule has 168 valence electrons. The van der Waals surface area contributed by atoms with Crippen molar-refractivity contribution in [3.63, 3.8) is 0 Å². The molecule has 31 heavy (non-hydrogen) atoms. The highest BCUT2D eigenvalue weighted by atomic mass is 16.5. The van der Waals surface area contributed by atoms with Gasteiger partial charge in [-0.1, -0.05) is 92.9 Å². The first-order valence-corrected chi connectivity index (χ1v) is 12.3. The Morgan fingerprint density at radius 3 is 2.35 bits per heavy atom. The van der Waals surface area contributed by atoms with Crippen LogP contribution in [0.5, 0.6) is 0 Å². The van der Waals surface area contributed by atoms with E-state index in [4.69, 9.17) is 4.74 Å². The van der Waals surface area contributed by atoms with Crippen LogP contribution in [0, 0.1) is 11.8 Å². The van der Waals surface area contributed by atoms with Crippen LogP contribution < -0.4 is 0 Å². The number of allylic oxidation sites excluding steroid dienone is 1. The third-order valence-electron chi connectivity index (χ3n) is 6.85. The minimum atomic E-state index is 0.620. The van der Waals surface area contributed by atoms with Gasteiger partial charge in [-0.15, -0.1) is 6.58 Å². The fraction of sp³-hybridized carbons (Fsp3) is 0.517. The molecule has 1 saturated heterocycles. The highest BCUT2D eigenvalue weighted by Gasteiger charge is 2.36. The Labute approximate surface area is 190 Å². The first-order valence-electron chi connectivity index (χ1n) is 12.3. The van der Waals surface area contributed by atoms with Crippen molar-refractivity contribution in [3.05, 3.63) is 84.4 Å². The quantitative estimate of drug-likeness (QED) is 0.250. The number of hydrogen-bond donors (Lipinski definition) is 0. The van der Waals surface area contributed by atoms with Gasteiger partial charge in [0, 0.05) is 19.2 Å². The lowest BCUT2D eigenvalue weighted by atomic mass is 9.73. The van der Waals surface area contributed by atoms with Gasteiger partial charge in [0.1, 0.15) is 0 Å². The van der Waals surface area contributed by atoms with Gasteiger partial charge in [-0.2, -0.15) is 0 Å². The van der Waals surface area contributed by atoms with Crippen LogP contribution in [0.15, 0.2) is 73.3 Å². The van der Waals surface area contributed by atoms with Gasteiger partial charge in [-0.05, 0) is 55.2 Å². The van der Waals surface area contributed by atoms with Gasteiger partial charge in [-0.3, -0.25) is 4.90 Å². The number of hydrogen-bond acceptors (Lipinski definition) is 2. The molecule has 1 aliphatic heterocycles. The van der Waals surface area contributed by atoms with Crippen molar-refractivity contribution in [2.75, 3.05) is 13.2 Å². The van der Waals surface area contributed by atoms with Gasteiger partial charge in [0.25, 0.3) is 0 Å². The zero-order valence-electron chi connectivity index (χ0n) is 19.4. The van der Waals surface area contributed by atoms with E-state index in [1.54, 1.807) is 0 Å². The summed E-state index contributed by atoms with van der Waals surface area (Å²) >= 11 is 0. The van der Waals surface area contributed by atoms with E-state index in [1.807, 2.05) is 0 Å². The van der Waals surface area contributed by atoms with Gasteiger partial charge in [0.2, 0.25) is 0 Å². The average Bonchev–Trinajstić information content (AvgIpc) is 2.81. The van der Waals surface area contributed by atoms with Crippen LogP contribution in [-0.4, -0.2) is 24.1 Å². The predicted molar refractivity (Wildman–Crippen MR) is 132 cm³/mol. The lowest BCUT2D eigenvalue weighted by Crippen LogP contribution is -2.48. The smallest absolute Gasteiger partial charge is 0.0716 e. The van der Waals surface area contributed by atoms with Crippen molar-refractivity contribution in [1.82, 2.24) is 4.90 Å². The predicted octanol–water partition coefficient (Wildman–Crippen LogP) is 7.26. The molecule has 0 spiro atoms. The maximum atomic E-state index is 6.01. The summed E-state index contributed by atoms with van der Waals surface area (Å²) in [5.74, 6) is 1.55. The molecule has 0 saturated carbocycles. The minimum Gasteiger partial charge on any atom is -0.377 e. The molecule has 0 unspecified atom stereocenters. The Morgan fingerprint density at radius 2 is 1.68 bits per heavy atom. The second-order valence-corrected chi connectivity index (χ2v) is 9.08. The number of benzene rings is 2. The summed E-state index contributed by atoms with van der Waals surface area (Å²) < 4.78 is 6.01. The van der Waals surface area contributed by atoms with Gasteiger partial charge in [0.15, 0.2) is 0 Å². The van der Waals surface area contributed by atoms with Crippen molar-refractivity contribution in [2.45, 2.75) is 71.1 Å². The van der Waals surface area contributed by atoms with Crippen LogP contribution in [-0.2, 0) is 17.9 Å². The van der Waals surface area contributed by atoms with E-state index in [-0.39, 0.29) is 0 Å². The fourth-order valence-corrected chi connectivity index (χ4v) is 5.23. The van der Waals surface area contributed by atoms with Crippen molar-refractivity contribution < 1.29 is 4.74 Å². The number of unbranched alkanes of at least 4 members (excludes halogenated alkanes) is 1. The minimum absolute atomic E-state index is 0.620. The summed E-state index contributed by atoms with van der Waals surface area (Å²) in [4.78, 5) is 2.75. The SMILES string of the molecule is C=CC[C@@H]1[C@@H](CCCC)CCN(Cc2ccccc2)[C@H]1CCCOCc1ccccc1. The maximum absolute atomic E-state index is 6.01. The molecular formula is C29H41NO. The summed E-state index contributed by atoms with van der Waals surface area (Å²) in [5.41, 5.74) is 2.69. The molecule has 1 aliphatic rings. The van der Waals surface area contributed by atoms with Gasteiger partial charge >= 0.3 is 0 Å². The van der Waals surface area contributed by atoms with E-state index in [0.29, 0.717) is 12.6 Å². The number of rotatable bonds is 13. The molecule has 0 bridgehead atoms. The maximum Gasteiger partial charge on any atom is 0.0716 e. The summed E-state index contributed by atoms with van der Waals surface area (Å²) in [6.07, 6.45) is 11.0. The third kappa shape index (κ3) is 7.63. The summed E-state index contributed by atoms with van der Waals surface area (Å²) in [6.45, 7) is 10.3. The molecule has 2 heteroatoms. The molecule has 2 nitrogen and oxygen atoms in total. The Morgan fingerprint density at radius 1 is 0.968 bits per heavy atom. The zero-order valence-corrected chi connectivity index (χ0v) is 19.4. The Hall–Kier alpha value is -1.90. The topological polar surface area (TPSA) is 12.5 Å². The molecule has 3 rings (SSSR count). The fourth-order valence-electron chi connectivity index (χ4n) is 5.23. The van der Waals surface area contributed by atoms with Crippen LogP contribution >= 0.6 is 0 Å². The lowest BCUT2D eigenvalue weighted by Gasteiger charge is -2.46. The molecule has 0 aliphatic carbocycles. The summed E-state index contributed by atoms with van der Waals surface area (Å²) in [5, 5.41) is 0. The molecular weight excluding hydrogens is 378 g/mol. The molecule has 2 aromatic rings. The molecule has 2 aromatic carbocycles. The first-order chi connectivity index (χ1) is 15.3. The number of piperidine rings is 1. The van der Waals surface area contributed by atoms with E-state index in [1.165, 1.54) is 49.8 Å². The highest BCUT2D eigenvalue weighted by molar-refractivity contribution is 5.15. The van der Waals surface area contributed by atoms with Crippen LogP contribution in [0.4, 0.5) is 0 Å². The molecule has 1 heterocycles. The Kier molecular flexibility index (Phi) is 10.3. The van der Waals surface area contributed by atoms with E-state index in [9.17, 15) is 0 Å². The van der Waals surface area contributed by atoms with Crippen molar-refractivity contribution in [2.24, 2.45) is 11.8 Å². The van der Waals surface area contributed by atoms with Crippen molar-refractivity contribution in [1.29, 1.82) is 0 Å². The van der Waals surface area contributed by atoms with E-state index in [2.05, 4.69) is 85.1 Å². The van der Waals surface area contributed by atoms with Crippen LogP contribution in [0.25, 0.3) is 0 Å². The molecule has 0 amide bonds. The Balaban J connectivity index is 1.61. The van der Waals surface area contributed by atoms with Crippen molar-refractivity contribution >= 4 is 0 Å². The van der Waals surface area contributed by atoms with Crippen LogP contribution in [0.3, 0.4) is 0 Å². The molecule has 3 atom stereocenters. The average molecular weight is 420 g/mol. The molecule has 1 fully saturated rings. The van der Waals surface area contributed by atoms with E-state index in [0.717, 1.165) is 37.8 Å². The largest absolute Gasteiger partial charge is 0.377 e. The van der Waals surface area contributed by atoms with E-state index < -0.39 is 0 Å². The third-order valence-corrected chi connectivity index (χ3v) is 6.85. The molecule has 0 N–H and O–H groups in total. The van der Waals surface area contributed by atoms with Gasteiger partial charge < -0.3 is 4.74 Å². The summed E-state index contributed by atoms with van der Waals surface area (Å²) in [7, 11) is 0. The molecule has 0 aromatic heterocycles. The standard InChI is InChI=1S/C29H41NO/c1-3-5-18-27-20-21-30(23-25-14-8-6-9-15-25)29(28(27)13-4-2)19-12-22-31-24-26-16-10-7-11-17-26/h4,6-11,14-17,27-29H,2-3,5,12-13,18-24H2,1H3/t27-,28+,29-/m0/s1. The number of ether oxygens (including phenoxy) is 1. The second kappa shape index (κ2) is 13.5. The number of likely N-dealkylation sites (tertiary alicyclic amines) is 1. The highest BCUT2D eigenvalue weighted by Crippen LogP contribution is 2.38. The Bertz CT molecular complexity index is 729. The van der Waals surface area contributed by atoms with Gasteiger partial charge in [-0.25, -0.2) is 0 Å². The van der Waals surface area contributed by atoms with Crippen LogP contribution in [0.1, 0.15) is 63.0 Å². The monoisotopic (exact) mass is 419 g/mol. The lowest BCUT2D eigenvalue weighted by molar-refractivity contribution is 0.0249. The summed E-state index contributed by atoms with van der Waals surface area (Å²) in [6, 6.07) is 22.1. The van der Waals surface area contributed by atoms with Gasteiger partial charge in [0.05, 0.1) is 6.61 Å². The van der Waals surface area contributed by atoms with Crippen LogP contribution in [0.2, 0.25) is 0 Å². The second-order valence-electron chi connectivity index (χ2n) is 9.08. The van der Waals surface area contributed by atoms with E-state index >= 15 is 0 Å². The first kappa shape index (κ1) is 23.8. The molecule has 0 radical (unpaired) electrons. The number of nitrogens with zero attached hydrogens (tertiary/aromatic N) is 1.